The van der Waals surface area contributed by atoms with Crippen molar-refractivity contribution in [2.24, 2.45) is 10.3 Å². The molecule has 0 saturated heterocycles. The van der Waals surface area contributed by atoms with Crippen molar-refractivity contribution in [3.05, 3.63) is 0 Å². The van der Waals surface area contributed by atoms with Crippen molar-refractivity contribution in [3.8, 4) is 0 Å². The zero-order valence-corrected chi connectivity index (χ0v) is 10.2. The van der Waals surface area contributed by atoms with Crippen molar-refractivity contribution < 1.29 is 0 Å². The maximum atomic E-state index is 4.17. The Balaban J connectivity index is 3.87. The van der Waals surface area contributed by atoms with Gasteiger partial charge in [-0.1, -0.05) is 38.3 Å². The first-order chi connectivity index (χ1) is 6.76. The molecule has 0 radical (unpaired) electrons. The molecule has 3 nitrogen and oxygen atoms in total. The molecule has 0 saturated carbocycles. The lowest BCUT2D eigenvalue weighted by Gasteiger charge is -2.24. The topological polar surface area (TPSA) is 28.0 Å². The molecule has 0 fully saturated rings. The van der Waals surface area contributed by atoms with E-state index in [1.165, 1.54) is 32.1 Å². The van der Waals surface area contributed by atoms with Crippen molar-refractivity contribution in [2.75, 3.05) is 13.6 Å². The zero-order chi connectivity index (χ0) is 10.8. The molecule has 3 heteroatoms. The normalized spacial score (nSPS) is 13.4. The summed E-state index contributed by atoms with van der Waals surface area (Å²) in [6, 6.07) is 0.528. The first-order valence-corrected chi connectivity index (χ1v) is 5.82. The molecule has 0 rings (SSSR count). The highest BCUT2D eigenvalue weighted by Gasteiger charge is 2.09. The molecule has 0 aromatic rings. The van der Waals surface area contributed by atoms with Gasteiger partial charge in [0.1, 0.15) is 0 Å². The number of unbranched alkanes of at least 4 members (excludes halogenated alkanes) is 2. The Morgan fingerprint density at radius 3 is 2.36 bits per heavy atom. The predicted octanol–water partition coefficient (Wildman–Crippen LogP) is 3.66. The van der Waals surface area contributed by atoms with Gasteiger partial charge in [0.2, 0.25) is 0 Å². The Morgan fingerprint density at radius 1 is 1.14 bits per heavy atom. The standard InChI is InChI=1S/C11H25N3/c1-5-7-8-10-14(13-12-4)11(3)9-6-2/h11H,5-10H2,1-4H3/b13-12-. The maximum Gasteiger partial charge on any atom is 0.0509 e. The second-order valence-corrected chi connectivity index (χ2v) is 3.80. The summed E-state index contributed by atoms with van der Waals surface area (Å²) in [6.07, 6.45) is 6.19. The van der Waals surface area contributed by atoms with E-state index in [1.54, 1.807) is 7.05 Å². The summed E-state index contributed by atoms with van der Waals surface area (Å²) in [4.78, 5) is 0. The van der Waals surface area contributed by atoms with Gasteiger partial charge in [-0.15, -0.1) is 0 Å². The van der Waals surface area contributed by atoms with Gasteiger partial charge in [0.15, 0.2) is 0 Å². The Kier molecular flexibility index (Phi) is 8.59. The van der Waals surface area contributed by atoms with Gasteiger partial charge in [-0.25, -0.2) is 0 Å². The Hall–Kier alpha value is -0.600. The fourth-order valence-electron chi connectivity index (χ4n) is 1.56. The number of nitrogens with zero attached hydrogens (tertiary/aromatic N) is 3. The molecule has 0 amide bonds. The van der Waals surface area contributed by atoms with Crippen LogP contribution >= 0.6 is 0 Å². The van der Waals surface area contributed by atoms with Gasteiger partial charge in [-0.05, 0) is 19.8 Å². The van der Waals surface area contributed by atoms with E-state index in [0.29, 0.717) is 6.04 Å². The quantitative estimate of drug-likeness (QED) is 0.333. The highest BCUT2D eigenvalue weighted by Crippen LogP contribution is 2.09. The van der Waals surface area contributed by atoms with Gasteiger partial charge in [0.05, 0.1) is 7.05 Å². The number of rotatable bonds is 8. The van der Waals surface area contributed by atoms with E-state index in [2.05, 4.69) is 36.1 Å². The Labute approximate surface area is 88.6 Å². The van der Waals surface area contributed by atoms with Crippen LogP contribution in [0.15, 0.2) is 10.3 Å². The zero-order valence-electron chi connectivity index (χ0n) is 10.2. The van der Waals surface area contributed by atoms with Gasteiger partial charge < -0.3 is 0 Å². The second-order valence-electron chi connectivity index (χ2n) is 3.80. The average Bonchev–Trinajstić information content (AvgIpc) is 2.17. The van der Waals surface area contributed by atoms with Crippen molar-refractivity contribution in [3.63, 3.8) is 0 Å². The molecule has 0 aliphatic heterocycles. The van der Waals surface area contributed by atoms with Crippen LogP contribution in [0.4, 0.5) is 0 Å². The van der Waals surface area contributed by atoms with Crippen LogP contribution in [0.1, 0.15) is 52.9 Å². The van der Waals surface area contributed by atoms with E-state index in [0.717, 1.165) is 6.54 Å². The first-order valence-electron chi connectivity index (χ1n) is 5.82. The molecule has 1 atom stereocenters. The Bertz CT molecular complexity index is 145. The third-order valence-corrected chi connectivity index (χ3v) is 2.41. The summed E-state index contributed by atoms with van der Waals surface area (Å²) in [5.74, 6) is 0. The first kappa shape index (κ1) is 13.4. The second kappa shape index (κ2) is 8.97. The predicted molar refractivity (Wildman–Crippen MR) is 61.4 cm³/mol. The molecule has 0 N–H and O–H groups in total. The smallest absolute Gasteiger partial charge is 0.0509 e. The summed E-state index contributed by atoms with van der Waals surface area (Å²) < 4.78 is 0. The van der Waals surface area contributed by atoms with Crippen LogP contribution in [0.3, 0.4) is 0 Å². The molecule has 0 bridgehead atoms. The molecular formula is C11H25N3. The van der Waals surface area contributed by atoms with Crippen LogP contribution in [0.2, 0.25) is 0 Å². The lowest BCUT2D eigenvalue weighted by atomic mass is 10.1. The van der Waals surface area contributed by atoms with Gasteiger partial charge >= 0.3 is 0 Å². The van der Waals surface area contributed by atoms with Gasteiger partial charge in [0, 0.05) is 12.6 Å². The Morgan fingerprint density at radius 2 is 1.86 bits per heavy atom. The van der Waals surface area contributed by atoms with Crippen LogP contribution in [-0.4, -0.2) is 24.6 Å². The summed E-state index contributed by atoms with van der Waals surface area (Å²) in [7, 11) is 1.74. The van der Waals surface area contributed by atoms with Crippen molar-refractivity contribution in [2.45, 2.75) is 58.9 Å². The van der Waals surface area contributed by atoms with Crippen LogP contribution in [0.25, 0.3) is 0 Å². The summed E-state index contributed by atoms with van der Waals surface area (Å²) in [6.45, 7) is 7.71. The number of hydrogen-bond donors (Lipinski definition) is 0. The molecular weight excluding hydrogens is 174 g/mol. The summed E-state index contributed by atoms with van der Waals surface area (Å²) in [5.41, 5.74) is 0. The van der Waals surface area contributed by atoms with Gasteiger partial charge in [-0.2, -0.15) is 5.11 Å². The third-order valence-electron chi connectivity index (χ3n) is 2.41. The molecule has 0 spiro atoms. The third kappa shape index (κ3) is 5.95. The van der Waals surface area contributed by atoms with E-state index < -0.39 is 0 Å². The highest BCUT2D eigenvalue weighted by molar-refractivity contribution is 4.61. The van der Waals surface area contributed by atoms with Crippen LogP contribution in [-0.2, 0) is 0 Å². The van der Waals surface area contributed by atoms with E-state index in [-0.39, 0.29) is 0 Å². The van der Waals surface area contributed by atoms with Gasteiger partial charge in [0.25, 0.3) is 0 Å². The number of hydrogen-bond acceptors (Lipinski definition) is 2. The molecule has 0 aliphatic carbocycles. The van der Waals surface area contributed by atoms with Crippen molar-refractivity contribution in [1.29, 1.82) is 0 Å². The molecule has 14 heavy (non-hydrogen) atoms. The van der Waals surface area contributed by atoms with Crippen LogP contribution in [0, 0.1) is 0 Å². The van der Waals surface area contributed by atoms with Crippen molar-refractivity contribution >= 4 is 0 Å². The molecule has 0 aliphatic rings. The lowest BCUT2D eigenvalue weighted by Crippen LogP contribution is -2.28. The van der Waals surface area contributed by atoms with E-state index >= 15 is 0 Å². The SMILES string of the molecule is CCCCCN(/N=N\C)C(C)CCC. The van der Waals surface area contributed by atoms with Crippen LogP contribution < -0.4 is 0 Å². The maximum absolute atomic E-state index is 4.17. The molecule has 1 unspecified atom stereocenters. The monoisotopic (exact) mass is 199 g/mol. The van der Waals surface area contributed by atoms with E-state index in [9.17, 15) is 0 Å². The lowest BCUT2D eigenvalue weighted by molar-refractivity contribution is 0.188. The van der Waals surface area contributed by atoms with E-state index in [1.807, 2.05) is 0 Å². The minimum Gasteiger partial charge on any atom is -0.276 e. The summed E-state index contributed by atoms with van der Waals surface area (Å²) in [5, 5.41) is 10.2. The largest absolute Gasteiger partial charge is 0.276 e. The molecule has 0 aromatic heterocycles. The average molecular weight is 199 g/mol. The fraction of sp³-hybridized carbons (Fsp3) is 1.00. The molecule has 0 heterocycles. The molecule has 84 valence electrons. The minimum atomic E-state index is 0.528. The minimum absolute atomic E-state index is 0.528. The summed E-state index contributed by atoms with van der Waals surface area (Å²) >= 11 is 0. The van der Waals surface area contributed by atoms with Crippen molar-refractivity contribution in [1.82, 2.24) is 5.01 Å². The molecule has 0 aromatic carbocycles. The van der Waals surface area contributed by atoms with Crippen LogP contribution in [0.5, 0.6) is 0 Å². The van der Waals surface area contributed by atoms with Gasteiger partial charge in [-0.3, -0.25) is 5.01 Å². The highest BCUT2D eigenvalue weighted by atomic mass is 15.5. The fourth-order valence-corrected chi connectivity index (χ4v) is 1.56. The van der Waals surface area contributed by atoms with E-state index in [4.69, 9.17) is 0 Å².